The predicted molar refractivity (Wildman–Crippen MR) is 63.5 cm³/mol. The third-order valence-electron chi connectivity index (χ3n) is 1.84. The highest BCUT2D eigenvalue weighted by molar-refractivity contribution is 7.99. The number of aromatic amines is 1. The monoisotopic (exact) mass is 241 g/mol. The lowest BCUT2D eigenvalue weighted by Crippen LogP contribution is -2.26. The molecule has 1 heterocycles. The Morgan fingerprint density at radius 2 is 2.44 bits per heavy atom. The van der Waals surface area contributed by atoms with Gasteiger partial charge in [-0.2, -0.15) is 0 Å². The Balaban J connectivity index is 2.29. The lowest BCUT2D eigenvalue weighted by molar-refractivity contribution is -0.118. The van der Waals surface area contributed by atoms with Gasteiger partial charge in [0, 0.05) is 18.8 Å². The van der Waals surface area contributed by atoms with E-state index in [1.54, 1.807) is 0 Å². The number of unbranched alkanes of at least 4 members (excludes halogenated alkanes) is 1. The third-order valence-corrected chi connectivity index (χ3v) is 2.73. The number of amides is 1. The van der Waals surface area contributed by atoms with E-state index in [4.69, 9.17) is 0 Å². The summed E-state index contributed by atoms with van der Waals surface area (Å²) in [6.07, 6.45) is 3.47. The molecule has 0 aromatic carbocycles. The molecule has 0 unspecified atom stereocenters. The predicted octanol–water partition coefficient (Wildman–Crippen LogP) is 0.778. The van der Waals surface area contributed by atoms with Crippen molar-refractivity contribution < 1.29 is 4.79 Å². The number of thioether (sulfide) groups is 1. The van der Waals surface area contributed by atoms with Gasteiger partial charge in [0.15, 0.2) is 5.16 Å². The van der Waals surface area contributed by atoms with Crippen LogP contribution in [0.5, 0.6) is 0 Å². The first kappa shape index (κ1) is 12.8. The van der Waals surface area contributed by atoms with Crippen molar-refractivity contribution in [2.45, 2.75) is 24.9 Å². The lowest BCUT2D eigenvalue weighted by Gasteiger charge is -2.03. The molecule has 1 rings (SSSR count). The Labute approximate surface area is 98.1 Å². The molecule has 0 bridgehead atoms. The maximum absolute atomic E-state index is 11.3. The van der Waals surface area contributed by atoms with Crippen LogP contribution in [-0.4, -0.2) is 28.2 Å². The molecule has 0 aliphatic carbocycles. The molecule has 16 heavy (non-hydrogen) atoms. The number of rotatable bonds is 6. The second kappa shape index (κ2) is 7.05. The van der Waals surface area contributed by atoms with E-state index in [2.05, 4.69) is 22.2 Å². The maximum atomic E-state index is 11.3. The van der Waals surface area contributed by atoms with Crippen molar-refractivity contribution >= 4 is 17.7 Å². The zero-order chi connectivity index (χ0) is 11.8. The fraction of sp³-hybridized carbons (Fsp3) is 0.500. The lowest BCUT2D eigenvalue weighted by atomic mass is 10.3. The molecular weight excluding hydrogens is 226 g/mol. The average Bonchev–Trinajstić information content (AvgIpc) is 2.27. The van der Waals surface area contributed by atoms with Crippen molar-refractivity contribution in [2.24, 2.45) is 0 Å². The number of carbonyl (C=O) groups is 1. The van der Waals surface area contributed by atoms with Crippen LogP contribution in [0, 0.1) is 0 Å². The van der Waals surface area contributed by atoms with Gasteiger partial charge in [-0.15, -0.1) is 0 Å². The van der Waals surface area contributed by atoms with Gasteiger partial charge in [0.2, 0.25) is 5.91 Å². The van der Waals surface area contributed by atoms with Crippen molar-refractivity contribution in [3.63, 3.8) is 0 Å². The van der Waals surface area contributed by atoms with E-state index in [0.29, 0.717) is 11.7 Å². The van der Waals surface area contributed by atoms with Crippen LogP contribution in [0.3, 0.4) is 0 Å². The molecule has 0 aliphatic heterocycles. The minimum atomic E-state index is -0.205. The Hall–Kier alpha value is -1.30. The van der Waals surface area contributed by atoms with E-state index in [1.165, 1.54) is 24.0 Å². The van der Waals surface area contributed by atoms with Crippen LogP contribution in [0.25, 0.3) is 0 Å². The number of nitrogens with zero attached hydrogens (tertiary/aromatic N) is 1. The van der Waals surface area contributed by atoms with Gasteiger partial charge in [0.05, 0.1) is 5.75 Å². The summed E-state index contributed by atoms with van der Waals surface area (Å²) in [5, 5.41) is 3.26. The summed E-state index contributed by atoms with van der Waals surface area (Å²) in [5.74, 6) is 0.237. The van der Waals surface area contributed by atoms with Crippen molar-refractivity contribution in [1.29, 1.82) is 0 Å². The standard InChI is InChI=1S/C10H15N3O2S/c1-2-3-5-11-9(15)7-16-10-12-6-4-8(14)13-10/h4,6H,2-3,5,7H2,1H3,(H,11,15)(H,12,13,14). The van der Waals surface area contributed by atoms with Gasteiger partial charge < -0.3 is 10.3 Å². The fourth-order valence-electron chi connectivity index (χ4n) is 1.01. The van der Waals surface area contributed by atoms with Gasteiger partial charge in [-0.1, -0.05) is 25.1 Å². The van der Waals surface area contributed by atoms with Crippen molar-refractivity contribution in [3.8, 4) is 0 Å². The van der Waals surface area contributed by atoms with Gasteiger partial charge in [0.25, 0.3) is 5.56 Å². The van der Waals surface area contributed by atoms with Crippen LogP contribution in [0.15, 0.2) is 22.2 Å². The maximum Gasteiger partial charge on any atom is 0.251 e. The first-order valence-electron chi connectivity index (χ1n) is 5.17. The van der Waals surface area contributed by atoms with Gasteiger partial charge in [-0.05, 0) is 6.42 Å². The summed E-state index contributed by atoms with van der Waals surface area (Å²) < 4.78 is 0. The number of H-pyrrole nitrogens is 1. The number of aromatic nitrogens is 2. The Bertz CT molecular complexity index is 392. The number of hydrogen-bond donors (Lipinski definition) is 2. The Morgan fingerprint density at radius 1 is 1.62 bits per heavy atom. The molecule has 5 nitrogen and oxygen atoms in total. The van der Waals surface area contributed by atoms with E-state index >= 15 is 0 Å². The largest absolute Gasteiger partial charge is 0.355 e. The van der Waals surface area contributed by atoms with E-state index in [0.717, 1.165) is 12.8 Å². The molecule has 88 valence electrons. The van der Waals surface area contributed by atoms with Crippen molar-refractivity contribution in [1.82, 2.24) is 15.3 Å². The molecular formula is C10H15N3O2S. The summed E-state index contributed by atoms with van der Waals surface area (Å²) >= 11 is 1.22. The molecule has 0 spiro atoms. The molecule has 0 atom stereocenters. The highest BCUT2D eigenvalue weighted by atomic mass is 32.2. The van der Waals surface area contributed by atoms with Gasteiger partial charge >= 0.3 is 0 Å². The first-order valence-corrected chi connectivity index (χ1v) is 6.15. The summed E-state index contributed by atoms with van der Waals surface area (Å²) in [7, 11) is 0. The molecule has 6 heteroatoms. The molecule has 0 fully saturated rings. The quantitative estimate of drug-likeness (QED) is 0.438. The van der Waals surface area contributed by atoms with Crippen LogP contribution in [0.1, 0.15) is 19.8 Å². The van der Waals surface area contributed by atoms with Crippen molar-refractivity contribution in [2.75, 3.05) is 12.3 Å². The zero-order valence-electron chi connectivity index (χ0n) is 9.16. The highest BCUT2D eigenvalue weighted by Crippen LogP contribution is 2.08. The highest BCUT2D eigenvalue weighted by Gasteiger charge is 2.03. The van der Waals surface area contributed by atoms with E-state index in [1.807, 2.05) is 0 Å². The molecule has 1 amide bonds. The summed E-state index contributed by atoms with van der Waals surface area (Å²) in [4.78, 5) is 28.7. The number of carbonyl (C=O) groups excluding carboxylic acids is 1. The average molecular weight is 241 g/mol. The minimum Gasteiger partial charge on any atom is -0.355 e. The zero-order valence-corrected chi connectivity index (χ0v) is 9.97. The summed E-state index contributed by atoms with van der Waals surface area (Å²) in [6.45, 7) is 2.77. The minimum absolute atomic E-state index is 0.0371. The number of nitrogens with one attached hydrogen (secondary N) is 2. The molecule has 0 saturated heterocycles. The molecule has 0 aliphatic rings. The molecule has 1 aromatic heterocycles. The van der Waals surface area contributed by atoms with E-state index in [-0.39, 0.29) is 17.2 Å². The van der Waals surface area contributed by atoms with Crippen LogP contribution >= 0.6 is 11.8 Å². The van der Waals surface area contributed by atoms with E-state index < -0.39 is 0 Å². The molecule has 2 N–H and O–H groups in total. The van der Waals surface area contributed by atoms with Crippen LogP contribution in [0.4, 0.5) is 0 Å². The molecule has 0 saturated carbocycles. The molecule has 1 aromatic rings. The van der Waals surface area contributed by atoms with Crippen molar-refractivity contribution in [3.05, 3.63) is 22.6 Å². The van der Waals surface area contributed by atoms with Gasteiger partial charge in [0.1, 0.15) is 0 Å². The number of hydrogen-bond acceptors (Lipinski definition) is 4. The Morgan fingerprint density at radius 3 is 3.12 bits per heavy atom. The van der Waals surface area contributed by atoms with Gasteiger partial charge in [-0.3, -0.25) is 9.59 Å². The summed E-state index contributed by atoms with van der Waals surface area (Å²) in [5.41, 5.74) is -0.205. The summed E-state index contributed by atoms with van der Waals surface area (Å²) in [6, 6.07) is 1.34. The SMILES string of the molecule is CCCCNC(=O)CSc1nccc(=O)[nH]1. The fourth-order valence-corrected chi connectivity index (χ4v) is 1.69. The van der Waals surface area contributed by atoms with Crippen LogP contribution < -0.4 is 10.9 Å². The normalized spacial score (nSPS) is 10.1. The van der Waals surface area contributed by atoms with Gasteiger partial charge in [-0.25, -0.2) is 4.98 Å². The second-order valence-corrected chi connectivity index (χ2v) is 4.20. The Kier molecular flexibility index (Phi) is 5.63. The van der Waals surface area contributed by atoms with Crippen LogP contribution in [0.2, 0.25) is 0 Å². The second-order valence-electron chi connectivity index (χ2n) is 3.23. The molecule has 0 radical (unpaired) electrons. The first-order chi connectivity index (χ1) is 7.72. The van der Waals surface area contributed by atoms with E-state index in [9.17, 15) is 9.59 Å². The van der Waals surface area contributed by atoms with Crippen LogP contribution in [-0.2, 0) is 4.79 Å². The third kappa shape index (κ3) is 4.97. The smallest absolute Gasteiger partial charge is 0.251 e. The topological polar surface area (TPSA) is 74.8 Å².